The summed E-state index contributed by atoms with van der Waals surface area (Å²) < 4.78 is 10.8. The average molecular weight is 379 g/mol. The Morgan fingerprint density at radius 3 is 2.78 bits per heavy atom. The van der Waals surface area contributed by atoms with E-state index in [0.29, 0.717) is 34.9 Å². The molecule has 0 bridgehead atoms. The number of nitrogens with zero attached hydrogens (tertiary/aromatic N) is 4. The number of rotatable bonds is 7. The van der Waals surface area contributed by atoms with Crippen LogP contribution < -0.4 is 0 Å². The van der Waals surface area contributed by atoms with Gasteiger partial charge in [-0.05, 0) is 36.8 Å². The molecule has 0 radical (unpaired) electrons. The molecule has 1 N–H and O–H groups in total. The van der Waals surface area contributed by atoms with Crippen molar-refractivity contribution in [1.82, 2.24) is 25.3 Å². The van der Waals surface area contributed by atoms with E-state index in [1.807, 2.05) is 61.5 Å². The van der Waals surface area contributed by atoms with Crippen molar-refractivity contribution in [2.75, 3.05) is 0 Å². The molecule has 0 spiro atoms. The zero-order valence-electron chi connectivity index (χ0n) is 14.6. The predicted molar refractivity (Wildman–Crippen MR) is 102 cm³/mol. The van der Waals surface area contributed by atoms with Crippen LogP contribution in [0.4, 0.5) is 0 Å². The highest BCUT2D eigenvalue weighted by molar-refractivity contribution is 7.98. The number of aryl methyl sites for hydroxylation is 1. The van der Waals surface area contributed by atoms with Gasteiger partial charge >= 0.3 is 0 Å². The molecule has 0 atom stereocenters. The Balaban J connectivity index is 1.32. The van der Waals surface area contributed by atoms with Gasteiger partial charge in [-0.2, -0.15) is 4.98 Å². The molecular weight excluding hydrogens is 362 g/mol. The lowest BCUT2D eigenvalue weighted by atomic mass is 10.1. The highest BCUT2D eigenvalue weighted by atomic mass is 32.2. The summed E-state index contributed by atoms with van der Waals surface area (Å²) in [7, 11) is 0. The van der Waals surface area contributed by atoms with Gasteiger partial charge in [0.15, 0.2) is 5.82 Å². The van der Waals surface area contributed by atoms with E-state index in [-0.39, 0.29) is 0 Å². The van der Waals surface area contributed by atoms with E-state index in [1.165, 1.54) is 11.8 Å². The van der Waals surface area contributed by atoms with Crippen LogP contribution in [0.1, 0.15) is 34.6 Å². The van der Waals surface area contributed by atoms with Crippen molar-refractivity contribution in [3.05, 3.63) is 77.1 Å². The van der Waals surface area contributed by atoms with Crippen LogP contribution >= 0.6 is 11.8 Å². The molecule has 8 heteroatoms. The number of hydrogen-bond donors (Lipinski definition) is 1. The number of aromatic amines is 1. The third-order valence-corrected chi connectivity index (χ3v) is 4.52. The van der Waals surface area contributed by atoms with Crippen molar-refractivity contribution >= 4 is 23.9 Å². The second-order valence-corrected chi connectivity index (χ2v) is 6.78. The monoisotopic (exact) mass is 379 g/mol. The molecule has 0 fully saturated rings. The quantitative estimate of drug-likeness (QED) is 0.482. The normalized spacial score (nSPS) is 11.4. The van der Waals surface area contributed by atoms with Crippen LogP contribution in [0.15, 0.2) is 56.6 Å². The van der Waals surface area contributed by atoms with E-state index in [1.54, 1.807) is 0 Å². The highest BCUT2D eigenvalue weighted by Crippen LogP contribution is 2.19. The molecule has 0 aliphatic carbocycles. The number of aromatic nitrogens is 5. The standard InChI is InChI=1S/C19H17N5O2S/c1-13-7-8-15(25-13)9-10-16-21-19(23-22-16)27-12-18-20-17(24-26-18)11-14-5-3-2-4-6-14/h2-10H,11-12H2,1H3,(H,21,22,23)/b10-9+. The summed E-state index contributed by atoms with van der Waals surface area (Å²) in [5.41, 5.74) is 1.15. The number of nitrogens with one attached hydrogen (secondary N) is 1. The van der Waals surface area contributed by atoms with Crippen molar-refractivity contribution in [1.29, 1.82) is 0 Å². The number of furan rings is 1. The van der Waals surface area contributed by atoms with E-state index in [2.05, 4.69) is 25.3 Å². The van der Waals surface area contributed by atoms with Gasteiger partial charge in [0.05, 0.1) is 5.75 Å². The van der Waals surface area contributed by atoms with Crippen molar-refractivity contribution in [3.8, 4) is 0 Å². The fraction of sp³-hybridized carbons (Fsp3) is 0.158. The fourth-order valence-corrected chi connectivity index (χ4v) is 3.07. The van der Waals surface area contributed by atoms with Crippen LogP contribution in [0, 0.1) is 6.92 Å². The summed E-state index contributed by atoms with van der Waals surface area (Å²) in [4.78, 5) is 8.81. The van der Waals surface area contributed by atoms with Gasteiger partial charge in [0.25, 0.3) is 0 Å². The zero-order chi connectivity index (χ0) is 18.5. The largest absolute Gasteiger partial charge is 0.462 e. The Morgan fingerprint density at radius 1 is 1.07 bits per heavy atom. The lowest BCUT2D eigenvalue weighted by Crippen LogP contribution is -1.90. The first-order valence-electron chi connectivity index (χ1n) is 8.40. The van der Waals surface area contributed by atoms with Crippen molar-refractivity contribution in [3.63, 3.8) is 0 Å². The second kappa shape index (κ2) is 8.05. The third kappa shape index (κ3) is 4.73. The summed E-state index contributed by atoms with van der Waals surface area (Å²) in [6.45, 7) is 1.91. The van der Waals surface area contributed by atoms with E-state index in [0.717, 1.165) is 17.1 Å². The fourth-order valence-electron chi connectivity index (χ4n) is 2.43. The Morgan fingerprint density at radius 2 is 1.96 bits per heavy atom. The molecular formula is C19H17N5O2S. The summed E-state index contributed by atoms with van der Waals surface area (Å²) in [5.74, 6) is 4.04. The molecule has 4 rings (SSSR count). The molecule has 0 aliphatic heterocycles. The summed E-state index contributed by atoms with van der Waals surface area (Å²) in [5, 5.41) is 11.7. The van der Waals surface area contributed by atoms with Crippen LogP contribution in [0.3, 0.4) is 0 Å². The van der Waals surface area contributed by atoms with E-state index in [4.69, 9.17) is 8.94 Å². The average Bonchev–Trinajstić information content (AvgIpc) is 3.41. The Bertz CT molecular complexity index is 1040. The third-order valence-electron chi connectivity index (χ3n) is 3.69. The molecule has 3 aromatic heterocycles. The number of hydrogen-bond acceptors (Lipinski definition) is 7. The maximum absolute atomic E-state index is 5.48. The zero-order valence-corrected chi connectivity index (χ0v) is 15.4. The van der Waals surface area contributed by atoms with Gasteiger partial charge in [0, 0.05) is 6.42 Å². The Kier molecular flexibility index (Phi) is 5.15. The van der Waals surface area contributed by atoms with Crippen molar-refractivity contribution in [2.24, 2.45) is 0 Å². The van der Waals surface area contributed by atoms with Crippen LogP contribution in [-0.2, 0) is 12.2 Å². The summed E-state index contributed by atoms with van der Waals surface area (Å²) in [6, 6.07) is 13.9. The lowest BCUT2D eigenvalue weighted by molar-refractivity contribution is 0.385. The van der Waals surface area contributed by atoms with E-state index >= 15 is 0 Å². The Labute approximate surface area is 159 Å². The molecule has 0 saturated heterocycles. The molecule has 0 saturated carbocycles. The van der Waals surface area contributed by atoms with Crippen LogP contribution in [0.25, 0.3) is 12.2 Å². The first kappa shape index (κ1) is 17.3. The van der Waals surface area contributed by atoms with Crippen molar-refractivity contribution < 1.29 is 8.94 Å². The molecule has 1 aromatic carbocycles. The highest BCUT2D eigenvalue weighted by Gasteiger charge is 2.10. The minimum Gasteiger partial charge on any atom is -0.462 e. The minimum atomic E-state index is 0.514. The van der Waals surface area contributed by atoms with Crippen LogP contribution in [0.2, 0.25) is 0 Å². The molecule has 4 aromatic rings. The number of H-pyrrole nitrogens is 1. The maximum Gasteiger partial charge on any atom is 0.237 e. The Hall–Kier alpha value is -3.13. The van der Waals surface area contributed by atoms with Gasteiger partial charge in [0.1, 0.15) is 17.3 Å². The van der Waals surface area contributed by atoms with Crippen molar-refractivity contribution in [2.45, 2.75) is 24.3 Å². The topological polar surface area (TPSA) is 93.6 Å². The van der Waals surface area contributed by atoms with Gasteiger partial charge in [-0.25, -0.2) is 4.98 Å². The first-order chi connectivity index (χ1) is 13.2. The van der Waals surface area contributed by atoms with E-state index in [9.17, 15) is 0 Å². The van der Waals surface area contributed by atoms with Gasteiger partial charge in [-0.3, -0.25) is 5.10 Å². The first-order valence-corrected chi connectivity index (χ1v) is 9.38. The summed E-state index contributed by atoms with van der Waals surface area (Å²) >= 11 is 1.43. The number of benzene rings is 1. The molecule has 0 unspecified atom stereocenters. The van der Waals surface area contributed by atoms with Gasteiger partial charge in [0.2, 0.25) is 11.0 Å². The molecule has 3 heterocycles. The van der Waals surface area contributed by atoms with Gasteiger partial charge in [-0.1, -0.05) is 47.3 Å². The van der Waals surface area contributed by atoms with Crippen LogP contribution in [0.5, 0.6) is 0 Å². The maximum atomic E-state index is 5.48. The molecule has 0 aliphatic rings. The second-order valence-electron chi connectivity index (χ2n) is 5.84. The molecule has 27 heavy (non-hydrogen) atoms. The van der Waals surface area contributed by atoms with Gasteiger partial charge < -0.3 is 8.94 Å². The number of thioether (sulfide) groups is 1. The minimum absolute atomic E-state index is 0.514. The summed E-state index contributed by atoms with van der Waals surface area (Å²) in [6.07, 6.45) is 4.31. The molecule has 7 nitrogen and oxygen atoms in total. The SMILES string of the molecule is Cc1ccc(/C=C/c2nc(SCc3nc(Cc4ccccc4)no3)n[nH]2)o1. The molecule has 0 amide bonds. The smallest absolute Gasteiger partial charge is 0.237 e. The predicted octanol–water partition coefficient (Wildman–Crippen LogP) is 4.14. The lowest BCUT2D eigenvalue weighted by Gasteiger charge is -1.94. The molecule has 136 valence electrons. The van der Waals surface area contributed by atoms with Crippen LogP contribution in [-0.4, -0.2) is 25.3 Å². The van der Waals surface area contributed by atoms with Gasteiger partial charge in [-0.15, -0.1) is 5.10 Å². The van der Waals surface area contributed by atoms with E-state index < -0.39 is 0 Å².